The molecule has 1 rings (SSSR count). The van der Waals surface area contributed by atoms with Crippen LogP contribution in [-0.2, 0) is 0 Å². The summed E-state index contributed by atoms with van der Waals surface area (Å²) in [7, 11) is 0. The van der Waals surface area contributed by atoms with Gasteiger partial charge in [0.2, 0.25) is 0 Å². The first kappa shape index (κ1) is 11.4. The number of nitrogens with zero attached hydrogens (tertiary/aromatic N) is 1. The average molecular weight is 210 g/mol. The Hall–Kier alpha value is -1.63. The predicted octanol–water partition coefficient (Wildman–Crippen LogP) is 2.57. The highest BCUT2D eigenvalue weighted by Crippen LogP contribution is 2.13. The van der Waals surface area contributed by atoms with Crippen molar-refractivity contribution in [1.82, 2.24) is 4.98 Å². The van der Waals surface area contributed by atoms with Gasteiger partial charge in [-0.05, 0) is 6.42 Å². The van der Waals surface area contributed by atoms with Crippen LogP contribution in [0.3, 0.4) is 0 Å². The van der Waals surface area contributed by atoms with Gasteiger partial charge in [0.15, 0.2) is 11.6 Å². The molecule has 1 N–H and O–H groups in total. The molecular weight excluding hydrogens is 198 g/mol. The lowest BCUT2D eigenvalue weighted by atomic mass is 10.2. The van der Waals surface area contributed by atoms with Crippen LogP contribution in [0.1, 0.15) is 19.8 Å². The van der Waals surface area contributed by atoms with Gasteiger partial charge in [0.05, 0.1) is 12.2 Å². The third-order valence-corrected chi connectivity index (χ3v) is 1.90. The Morgan fingerprint density at radius 2 is 2.33 bits per heavy atom. The Morgan fingerprint density at radius 3 is 2.87 bits per heavy atom. The summed E-state index contributed by atoms with van der Waals surface area (Å²) < 4.78 is 25.7. The minimum absolute atomic E-state index is 0.00667. The fourth-order valence-electron chi connectivity index (χ4n) is 1.17. The van der Waals surface area contributed by atoms with Crippen LogP contribution >= 0.6 is 0 Å². The summed E-state index contributed by atoms with van der Waals surface area (Å²) in [6.07, 6.45) is 7.80. The number of anilines is 1. The largest absolute Gasteiger partial charge is 0.354 e. The zero-order chi connectivity index (χ0) is 11.3. The predicted molar refractivity (Wildman–Crippen MR) is 55.3 cm³/mol. The van der Waals surface area contributed by atoms with Crippen LogP contribution in [0.2, 0.25) is 0 Å². The normalized spacial score (nSPS) is 11.9. The van der Waals surface area contributed by atoms with E-state index in [-0.39, 0.29) is 11.9 Å². The molecule has 1 unspecified atom stereocenters. The molecule has 1 aromatic heterocycles. The van der Waals surface area contributed by atoms with Crippen LogP contribution in [0.4, 0.5) is 14.6 Å². The van der Waals surface area contributed by atoms with Gasteiger partial charge in [0, 0.05) is 6.07 Å². The smallest absolute Gasteiger partial charge is 0.168 e. The molecule has 4 heteroatoms. The standard InChI is InChI=1S/C11H12F2N2/c1-3-5-9(4-2)15-11-10(13)6-8(12)7-14-11/h2,6-7,9H,3,5H2,1H3,(H,14,15). The number of hydrogen-bond donors (Lipinski definition) is 1. The second kappa shape index (κ2) is 5.30. The van der Waals surface area contributed by atoms with Gasteiger partial charge in [-0.25, -0.2) is 13.8 Å². The molecular formula is C11H12F2N2. The zero-order valence-electron chi connectivity index (χ0n) is 8.43. The molecule has 15 heavy (non-hydrogen) atoms. The number of nitrogens with one attached hydrogen (secondary N) is 1. The van der Waals surface area contributed by atoms with Gasteiger partial charge in [-0.3, -0.25) is 0 Å². The molecule has 0 aromatic carbocycles. The molecule has 80 valence electrons. The van der Waals surface area contributed by atoms with Crippen molar-refractivity contribution in [2.45, 2.75) is 25.8 Å². The van der Waals surface area contributed by atoms with Gasteiger partial charge in [-0.15, -0.1) is 6.42 Å². The van der Waals surface area contributed by atoms with E-state index in [0.29, 0.717) is 0 Å². The molecule has 0 saturated heterocycles. The second-order valence-electron chi connectivity index (χ2n) is 3.14. The van der Waals surface area contributed by atoms with Crippen molar-refractivity contribution >= 4 is 5.82 Å². The van der Waals surface area contributed by atoms with Crippen LogP contribution in [0, 0.1) is 24.0 Å². The van der Waals surface area contributed by atoms with E-state index >= 15 is 0 Å². The van der Waals surface area contributed by atoms with Gasteiger partial charge in [-0.1, -0.05) is 19.3 Å². The van der Waals surface area contributed by atoms with Gasteiger partial charge in [0.25, 0.3) is 0 Å². The third kappa shape index (κ3) is 3.21. The molecule has 0 amide bonds. The number of aromatic nitrogens is 1. The lowest BCUT2D eigenvalue weighted by molar-refractivity contribution is 0.573. The number of terminal acetylenes is 1. The monoisotopic (exact) mass is 210 g/mol. The minimum atomic E-state index is -0.730. The first-order chi connectivity index (χ1) is 7.17. The SMILES string of the molecule is C#CC(CCC)Nc1ncc(F)cc1F. The summed E-state index contributed by atoms with van der Waals surface area (Å²) in [5, 5.41) is 2.74. The quantitative estimate of drug-likeness (QED) is 0.772. The molecule has 1 atom stereocenters. The van der Waals surface area contributed by atoms with E-state index in [2.05, 4.69) is 16.2 Å². The Bertz CT molecular complexity index is 371. The maximum Gasteiger partial charge on any atom is 0.168 e. The van der Waals surface area contributed by atoms with Crippen molar-refractivity contribution in [1.29, 1.82) is 0 Å². The van der Waals surface area contributed by atoms with E-state index in [4.69, 9.17) is 6.42 Å². The van der Waals surface area contributed by atoms with Crippen molar-refractivity contribution in [3.05, 3.63) is 23.9 Å². The molecule has 0 aliphatic carbocycles. The minimum Gasteiger partial charge on any atom is -0.354 e. The Labute approximate surface area is 87.7 Å². The van der Waals surface area contributed by atoms with E-state index in [1.165, 1.54) is 0 Å². The fourth-order valence-corrected chi connectivity index (χ4v) is 1.17. The third-order valence-electron chi connectivity index (χ3n) is 1.90. The highest BCUT2D eigenvalue weighted by molar-refractivity contribution is 5.39. The van der Waals surface area contributed by atoms with E-state index in [9.17, 15) is 8.78 Å². The Kier molecular flexibility index (Phi) is 4.04. The van der Waals surface area contributed by atoms with Gasteiger partial charge >= 0.3 is 0 Å². The van der Waals surface area contributed by atoms with Crippen LogP contribution in [0.5, 0.6) is 0 Å². The molecule has 0 saturated carbocycles. The number of rotatable bonds is 4. The number of pyridine rings is 1. The second-order valence-corrected chi connectivity index (χ2v) is 3.14. The van der Waals surface area contributed by atoms with Crippen molar-refractivity contribution in [3.8, 4) is 12.3 Å². The van der Waals surface area contributed by atoms with Gasteiger partial charge in [0.1, 0.15) is 5.82 Å². The van der Waals surface area contributed by atoms with E-state index < -0.39 is 11.6 Å². The zero-order valence-corrected chi connectivity index (χ0v) is 8.43. The summed E-state index contributed by atoms with van der Waals surface area (Å²) in [6.45, 7) is 1.97. The maximum atomic E-state index is 13.2. The highest BCUT2D eigenvalue weighted by Gasteiger charge is 2.09. The van der Waals surface area contributed by atoms with Crippen LogP contribution in [0.25, 0.3) is 0 Å². The van der Waals surface area contributed by atoms with E-state index in [1.54, 1.807) is 0 Å². The molecule has 0 bridgehead atoms. The Balaban J connectivity index is 2.76. The molecule has 0 radical (unpaired) electrons. The molecule has 0 aliphatic rings. The first-order valence-corrected chi connectivity index (χ1v) is 4.71. The Morgan fingerprint density at radius 1 is 1.60 bits per heavy atom. The highest BCUT2D eigenvalue weighted by atomic mass is 19.1. The molecule has 1 heterocycles. The van der Waals surface area contributed by atoms with Crippen molar-refractivity contribution in [2.24, 2.45) is 0 Å². The first-order valence-electron chi connectivity index (χ1n) is 4.71. The molecule has 0 aliphatic heterocycles. The van der Waals surface area contributed by atoms with Crippen LogP contribution in [-0.4, -0.2) is 11.0 Å². The lowest BCUT2D eigenvalue weighted by Crippen LogP contribution is -2.18. The summed E-state index contributed by atoms with van der Waals surface area (Å²) in [6, 6.07) is 0.497. The topological polar surface area (TPSA) is 24.9 Å². The van der Waals surface area contributed by atoms with Crippen LogP contribution in [0.15, 0.2) is 12.3 Å². The molecule has 0 fully saturated rings. The summed E-state index contributed by atoms with van der Waals surface area (Å²) >= 11 is 0. The maximum absolute atomic E-state index is 13.2. The lowest BCUT2D eigenvalue weighted by Gasteiger charge is -2.12. The summed E-state index contributed by atoms with van der Waals surface area (Å²) in [5.74, 6) is 1.04. The van der Waals surface area contributed by atoms with E-state index in [1.807, 2.05) is 6.92 Å². The van der Waals surface area contributed by atoms with E-state index in [0.717, 1.165) is 25.1 Å². The van der Waals surface area contributed by atoms with Crippen molar-refractivity contribution in [3.63, 3.8) is 0 Å². The van der Waals surface area contributed by atoms with Crippen molar-refractivity contribution in [2.75, 3.05) is 5.32 Å². The average Bonchev–Trinajstić information content (AvgIpc) is 2.21. The van der Waals surface area contributed by atoms with Crippen LogP contribution < -0.4 is 5.32 Å². The fraction of sp³-hybridized carbons (Fsp3) is 0.364. The summed E-state index contributed by atoms with van der Waals surface area (Å²) in [4.78, 5) is 3.59. The van der Waals surface area contributed by atoms with Crippen molar-refractivity contribution < 1.29 is 8.78 Å². The number of hydrogen-bond acceptors (Lipinski definition) is 2. The molecule has 1 aromatic rings. The van der Waals surface area contributed by atoms with Gasteiger partial charge < -0.3 is 5.32 Å². The molecule has 2 nitrogen and oxygen atoms in total. The summed E-state index contributed by atoms with van der Waals surface area (Å²) in [5.41, 5.74) is 0. The van der Waals surface area contributed by atoms with Gasteiger partial charge in [-0.2, -0.15) is 0 Å². The number of halogens is 2. The molecule has 0 spiro atoms.